The molecule has 1 aromatic rings. The van der Waals surface area contributed by atoms with Crippen LogP contribution < -0.4 is 9.44 Å². The molecule has 0 unspecified atom stereocenters. The van der Waals surface area contributed by atoms with Gasteiger partial charge < -0.3 is 0 Å². The number of halogens is 4. The maximum atomic E-state index is 12.4. The normalized spacial score (nSPS) is 12.5. The SMILES string of the molecule is O=S(=O)(NCC(F)(F)F)Nc1ccc(F)nc1. The molecule has 0 saturated heterocycles. The topological polar surface area (TPSA) is 71.1 Å². The molecule has 10 heteroatoms. The molecule has 0 radical (unpaired) electrons. The van der Waals surface area contributed by atoms with Crippen LogP contribution in [0, 0.1) is 5.95 Å². The number of rotatable bonds is 4. The van der Waals surface area contributed by atoms with Gasteiger partial charge in [-0.15, -0.1) is 0 Å². The summed E-state index contributed by atoms with van der Waals surface area (Å²) in [4.78, 5) is 3.13. The summed E-state index contributed by atoms with van der Waals surface area (Å²) in [5.41, 5.74) is -0.152. The highest BCUT2D eigenvalue weighted by Gasteiger charge is 2.29. The predicted octanol–water partition coefficient (Wildman–Crippen LogP) is 1.03. The largest absolute Gasteiger partial charge is 0.402 e. The molecule has 5 nitrogen and oxygen atoms in total. The second-order valence-electron chi connectivity index (χ2n) is 2.91. The summed E-state index contributed by atoms with van der Waals surface area (Å²) >= 11 is 0. The van der Waals surface area contributed by atoms with Crippen LogP contribution in [0.2, 0.25) is 0 Å². The molecule has 0 fully saturated rings. The molecule has 0 spiro atoms. The van der Waals surface area contributed by atoms with Gasteiger partial charge in [-0.05, 0) is 12.1 Å². The molecular weight excluding hydrogens is 266 g/mol. The van der Waals surface area contributed by atoms with Crippen molar-refractivity contribution in [2.75, 3.05) is 11.3 Å². The average Bonchev–Trinajstić information content (AvgIpc) is 2.18. The van der Waals surface area contributed by atoms with Crippen molar-refractivity contribution in [3.05, 3.63) is 24.3 Å². The molecule has 0 saturated carbocycles. The van der Waals surface area contributed by atoms with Crippen LogP contribution in [-0.2, 0) is 10.2 Å². The van der Waals surface area contributed by atoms with E-state index in [4.69, 9.17) is 0 Å². The fourth-order valence-corrected chi connectivity index (χ4v) is 1.66. The molecule has 2 N–H and O–H groups in total. The van der Waals surface area contributed by atoms with Crippen LogP contribution >= 0.6 is 0 Å². The molecule has 0 aliphatic heterocycles. The van der Waals surface area contributed by atoms with Gasteiger partial charge in [-0.1, -0.05) is 0 Å². The zero-order valence-electron chi connectivity index (χ0n) is 8.12. The van der Waals surface area contributed by atoms with Crippen LogP contribution in [0.1, 0.15) is 0 Å². The standard InChI is InChI=1S/C7H7F4N3O2S/c8-6-2-1-5(3-12-6)14-17(15,16)13-4-7(9,10)11/h1-3,13-14H,4H2. The van der Waals surface area contributed by atoms with E-state index in [-0.39, 0.29) is 5.69 Å². The zero-order chi connectivity index (χ0) is 13.1. The van der Waals surface area contributed by atoms with Crippen molar-refractivity contribution in [2.45, 2.75) is 6.18 Å². The van der Waals surface area contributed by atoms with Crippen LogP contribution in [0.4, 0.5) is 23.2 Å². The summed E-state index contributed by atoms with van der Waals surface area (Å²) < 4.78 is 72.9. The number of hydrogen-bond acceptors (Lipinski definition) is 3. The van der Waals surface area contributed by atoms with Crippen molar-refractivity contribution >= 4 is 15.9 Å². The molecule has 0 atom stereocenters. The third kappa shape index (κ3) is 5.45. The first-order valence-corrected chi connectivity index (χ1v) is 5.62. The minimum absolute atomic E-state index is 0.152. The van der Waals surface area contributed by atoms with Gasteiger partial charge in [0.05, 0.1) is 11.9 Å². The molecular formula is C7H7F4N3O2S. The van der Waals surface area contributed by atoms with Gasteiger partial charge >= 0.3 is 6.18 Å². The van der Waals surface area contributed by atoms with Gasteiger partial charge in [0, 0.05) is 0 Å². The molecule has 1 aromatic heterocycles. The van der Waals surface area contributed by atoms with Crippen LogP contribution in [0.5, 0.6) is 0 Å². The Morgan fingerprint density at radius 2 is 1.94 bits per heavy atom. The highest BCUT2D eigenvalue weighted by molar-refractivity contribution is 7.90. The van der Waals surface area contributed by atoms with E-state index < -0.39 is 28.9 Å². The lowest BCUT2D eigenvalue weighted by molar-refractivity contribution is -0.121. The Hall–Kier alpha value is -1.42. The number of anilines is 1. The number of nitrogens with one attached hydrogen (secondary N) is 2. The van der Waals surface area contributed by atoms with Crippen LogP contribution in [0.25, 0.3) is 0 Å². The molecule has 0 aliphatic rings. The average molecular weight is 273 g/mol. The predicted molar refractivity (Wildman–Crippen MR) is 50.8 cm³/mol. The van der Waals surface area contributed by atoms with Gasteiger partial charge in [0.1, 0.15) is 6.54 Å². The molecule has 17 heavy (non-hydrogen) atoms. The number of alkyl halides is 3. The van der Waals surface area contributed by atoms with Crippen molar-refractivity contribution in [1.29, 1.82) is 0 Å². The minimum Gasteiger partial charge on any atom is -0.270 e. The first kappa shape index (κ1) is 13.6. The van der Waals surface area contributed by atoms with Crippen molar-refractivity contribution in [3.63, 3.8) is 0 Å². The number of hydrogen-bond donors (Lipinski definition) is 2. The first-order valence-electron chi connectivity index (χ1n) is 4.14. The molecule has 0 bridgehead atoms. The molecule has 96 valence electrons. The lowest BCUT2D eigenvalue weighted by atomic mass is 10.4. The molecule has 1 heterocycles. The lowest BCUT2D eigenvalue weighted by Gasteiger charge is -2.10. The van der Waals surface area contributed by atoms with Gasteiger partial charge in [-0.3, -0.25) is 4.72 Å². The lowest BCUT2D eigenvalue weighted by Crippen LogP contribution is -2.37. The van der Waals surface area contributed by atoms with Gasteiger partial charge in [0.2, 0.25) is 5.95 Å². The third-order valence-electron chi connectivity index (χ3n) is 1.44. The Balaban J connectivity index is 2.64. The second-order valence-corrected chi connectivity index (χ2v) is 4.41. The van der Waals surface area contributed by atoms with E-state index in [1.807, 2.05) is 0 Å². The fourth-order valence-electron chi connectivity index (χ4n) is 0.804. The number of pyridine rings is 1. The highest BCUT2D eigenvalue weighted by atomic mass is 32.2. The molecule has 0 amide bonds. The summed E-state index contributed by atoms with van der Waals surface area (Å²) in [5.74, 6) is -0.837. The van der Waals surface area contributed by atoms with Gasteiger partial charge in [0.15, 0.2) is 0 Å². The van der Waals surface area contributed by atoms with E-state index in [0.717, 1.165) is 18.3 Å². The Bertz CT molecular complexity index is 471. The molecule has 1 rings (SSSR count). The molecule has 0 aliphatic carbocycles. The van der Waals surface area contributed by atoms with E-state index >= 15 is 0 Å². The number of aromatic nitrogens is 1. The summed E-state index contributed by atoms with van der Waals surface area (Å²) in [6.07, 6.45) is -3.82. The molecule has 0 aromatic carbocycles. The van der Waals surface area contributed by atoms with E-state index in [1.165, 1.54) is 4.72 Å². The summed E-state index contributed by atoms with van der Waals surface area (Å²) in [5, 5.41) is 0. The van der Waals surface area contributed by atoms with Crippen molar-refractivity contribution in [2.24, 2.45) is 0 Å². The second kappa shape index (κ2) is 4.84. The Kier molecular flexibility index (Phi) is 3.88. The fraction of sp³-hybridized carbons (Fsp3) is 0.286. The first-order chi connectivity index (χ1) is 7.68. The van der Waals surface area contributed by atoms with Crippen LogP contribution in [0.15, 0.2) is 18.3 Å². The monoisotopic (exact) mass is 273 g/mol. The quantitative estimate of drug-likeness (QED) is 0.635. The van der Waals surface area contributed by atoms with E-state index in [2.05, 4.69) is 4.98 Å². The Morgan fingerprint density at radius 1 is 1.29 bits per heavy atom. The number of nitrogens with zero attached hydrogens (tertiary/aromatic N) is 1. The smallest absolute Gasteiger partial charge is 0.270 e. The minimum atomic E-state index is -4.66. The van der Waals surface area contributed by atoms with Gasteiger partial charge in [-0.25, -0.2) is 4.98 Å². The summed E-state index contributed by atoms with van der Waals surface area (Å²) in [7, 11) is -4.36. The van der Waals surface area contributed by atoms with Crippen molar-refractivity contribution in [3.8, 4) is 0 Å². The Labute approximate surface area is 94.0 Å². The van der Waals surface area contributed by atoms with E-state index in [0.29, 0.717) is 0 Å². The maximum absolute atomic E-state index is 12.4. The summed E-state index contributed by atoms with van der Waals surface area (Å²) in [6.45, 7) is -1.70. The maximum Gasteiger partial charge on any atom is 0.402 e. The van der Waals surface area contributed by atoms with E-state index in [9.17, 15) is 26.0 Å². The summed E-state index contributed by atoms with van der Waals surface area (Å²) in [6, 6.07) is 1.89. The highest BCUT2D eigenvalue weighted by Crippen LogP contribution is 2.13. The Morgan fingerprint density at radius 3 is 2.41 bits per heavy atom. The van der Waals surface area contributed by atoms with E-state index in [1.54, 1.807) is 4.72 Å². The van der Waals surface area contributed by atoms with Gasteiger partial charge in [-0.2, -0.15) is 30.7 Å². The third-order valence-corrected chi connectivity index (χ3v) is 2.47. The van der Waals surface area contributed by atoms with Crippen LogP contribution in [-0.4, -0.2) is 26.1 Å². The zero-order valence-corrected chi connectivity index (χ0v) is 8.94. The van der Waals surface area contributed by atoms with Gasteiger partial charge in [0.25, 0.3) is 10.2 Å². The van der Waals surface area contributed by atoms with Crippen molar-refractivity contribution < 1.29 is 26.0 Å². The van der Waals surface area contributed by atoms with Crippen molar-refractivity contribution in [1.82, 2.24) is 9.71 Å². The van der Waals surface area contributed by atoms with Crippen LogP contribution in [0.3, 0.4) is 0 Å².